The Morgan fingerprint density at radius 2 is 1.95 bits per heavy atom. The van der Waals surface area contributed by atoms with Gasteiger partial charge in [0.25, 0.3) is 0 Å². The summed E-state index contributed by atoms with van der Waals surface area (Å²) in [5.41, 5.74) is -0.210. The first kappa shape index (κ1) is 13.4. The highest BCUT2D eigenvalue weighted by Gasteiger charge is 2.45. The predicted molar refractivity (Wildman–Crippen MR) is 76.7 cm³/mol. The Kier molecular flexibility index (Phi) is 3.57. The zero-order valence-electron chi connectivity index (χ0n) is 12.4. The molecule has 3 aliphatic rings. The molecule has 3 heteroatoms. The summed E-state index contributed by atoms with van der Waals surface area (Å²) in [6, 6.07) is 3.88. The van der Waals surface area contributed by atoms with Crippen molar-refractivity contribution in [3.63, 3.8) is 0 Å². The van der Waals surface area contributed by atoms with Crippen LogP contribution in [-0.4, -0.2) is 35.6 Å². The Bertz CT molecular complexity index is 371. The summed E-state index contributed by atoms with van der Waals surface area (Å²) in [7, 11) is 0. The topological polar surface area (TPSA) is 39.1 Å². The van der Waals surface area contributed by atoms with Crippen molar-refractivity contribution in [2.75, 3.05) is 13.1 Å². The van der Waals surface area contributed by atoms with E-state index in [1.54, 1.807) is 0 Å². The fraction of sp³-hybridized carbons (Fsp3) is 0.938. The van der Waals surface area contributed by atoms with E-state index in [2.05, 4.69) is 30.1 Å². The van der Waals surface area contributed by atoms with E-state index in [-0.39, 0.29) is 5.54 Å². The second-order valence-corrected chi connectivity index (χ2v) is 7.25. The normalized spacial score (nSPS) is 44.2. The maximum absolute atomic E-state index is 9.57. The molecule has 0 amide bonds. The maximum atomic E-state index is 9.57. The zero-order valence-corrected chi connectivity index (χ0v) is 12.4. The van der Waals surface area contributed by atoms with Crippen LogP contribution in [0.3, 0.4) is 0 Å². The molecular weight excluding hydrogens is 234 g/mol. The van der Waals surface area contributed by atoms with Crippen LogP contribution in [0.4, 0.5) is 0 Å². The number of likely N-dealkylation sites (tertiary alicyclic amines) is 1. The largest absolute Gasteiger partial charge is 0.300 e. The van der Waals surface area contributed by atoms with Gasteiger partial charge in [-0.05, 0) is 56.9 Å². The van der Waals surface area contributed by atoms with E-state index in [1.807, 2.05) is 0 Å². The van der Waals surface area contributed by atoms with Gasteiger partial charge in [0, 0.05) is 18.6 Å². The highest BCUT2D eigenvalue weighted by molar-refractivity contribution is 5.15. The van der Waals surface area contributed by atoms with Crippen LogP contribution in [0.1, 0.15) is 52.4 Å². The molecule has 1 N–H and O–H groups in total. The third-order valence-corrected chi connectivity index (χ3v) is 5.64. The second-order valence-electron chi connectivity index (χ2n) is 7.25. The highest BCUT2D eigenvalue weighted by atomic mass is 15.2. The Morgan fingerprint density at radius 3 is 2.58 bits per heavy atom. The van der Waals surface area contributed by atoms with Crippen LogP contribution in [0.2, 0.25) is 0 Å². The summed E-state index contributed by atoms with van der Waals surface area (Å²) in [6.45, 7) is 7.23. The van der Waals surface area contributed by atoms with Gasteiger partial charge in [0.1, 0.15) is 5.54 Å². The first-order valence-corrected chi connectivity index (χ1v) is 8.05. The molecule has 106 valence electrons. The van der Waals surface area contributed by atoms with Crippen LogP contribution in [0.15, 0.2) is 0 Å². The molecule has 1 heterocycles. The summed E-state index contributed by atoms with van der Waals surface area (Å²) in [5.74, 6) is 1.67. The van der Waals surface area contributed by atoms with Crippen LogP contribution in [-0.2, 0) is 0 Å². The van der Waals surface area contributed by atoms with Crippen LogP contribution < -0.4 is 5.32 Å². The molecule has 0 aromatic carbocycles. The van der Waals surface area contributed by atoms with Gasteiger partial charge in [-0.1, -0.05) is 13.8 Å². The van der Waals surface area contributed by atoms with E-state index in [0.29, 0.717) is 12.1 Å². The first-order chi connectivity index (χ1) is 9.12. The zero-order chi connectivity index (χ0) is 13.5. The third kappa shape index (κ3) is 2.80. The summed E-state index contributed by atoms with van der Waals surface area (Å²) < 4.78 is 0. The molecule has 4 atom stereocenters. The van der Waals surface area contributed by atoms with Crippen molar-refractivity contribution in [2.24, 2.45) is 11.8 Å². The van der Waals surface area contributed by atoms with Crippen molar-refractivity contribution in [3.8, 4) is 6.07 Å². The van der Waals surface area contributed by atoms with Crippen LogP contribution in [0.25, 0.3) is 0 Å². The molecule has 2 aliphatic carbocycles. The fourth-order valence-electron chi connectivity index (χ4n) is 3.84. The number of hydrogen-bond donors (Lipinski definition) is 1. The number of rotatable bonds is 3. The lowest BCUT2D eigenvalue weighted by molar-refractivity contribution is 0.0950. The lowest BCUT2D eigenvalue weighted by Crippen LogP contribution is -2.47. The summed E-state index contributed by atoms with van der Waals surface area (Å²) in [4.78, 5) is 2.67. The van der Waals surface area contributed by atoms with E-state index in [0.717, 1.165) is 24.7 Å². The molecule has 0 aromatic heterocycles. The minimum absolute atomic E-state index is 0.210. The minimum Gasteiger partial charge on any atom is -0.300 e. The molecule has 1 saturated heterocycles. The molecule has 2 saturated carbocycles. The average molecular weight is 261 g/mol. The highest BCUT2D eigenvalue weighted by Crippen LogP contribution is 2.37. The molecule has 0 spiro atoms. The number of nitriles is 1. The Balaban J connectivity index is 1.60. The average Bonchev–Trinajstić information content (AvgIpc) is 3.11. The van der Waals surface area contributed by atoms with Gasteiger partial charge in [0.15, 0.2) is 0 Å². The predicted octanol–water partition coefficient (Wildman–Crippen LogP) is 2.53. The Morgan fingerprint density at radius 1 is 1.16 bits per heavy atom. The van der Waals surface area contributed by atoms with Crippen molar-refractivity contribution >= 4 is 0 Å². The number of hydrogen-bond acceptors (Lipinski definition) is 3. The van der Waals surface area contributed by atoms with Crippen molar-refractivity contribution in [3.05, 3.63) is 0 Å². The van der Waals surface area contributed by atoms with E-state index < -0.39 is 0 Å². The van der Waals surface area contributed by atoms with Gasteiger partial charge in [-0.15, -0.1) is 0 Å². The van der Waals surface area contributed by atoms with Gasteiger partial charge in [-0.2, -0.15) is 5.26 Å². The SMILES string of the molecule is CC1CCN(C2CCC(C#N)(NC3CC3)C2)CC1C. The number of piperidine rings is 1. The van der Waals surface area contributed by atoms with Gasteiger partial charge in [-0.3, -0.25) is 10.2 Å². The Hall–Kier alpha value is -0.590. The van der Waals surface area contributed by atoms with Crippen LogP contribution in [0, 0.1) is 23.2 Å². The fourth-order valence-corrected chi connectivity index (χ4v) is 3.84. The molecule has 0 radical (unpaired) electrons. The monoisotopic (exact) mass is 261 g/mol. The van der Waals surface area contributed by atoms with Crippen molar-refractivity contribution < 1.29 is 0 Å². The van der Waals surface area contributed by atoms with Gasteiger partial charge in [0.05, 0.1) is 6.07 Å². The van der Waals surface area contributed by atoms with Gasteiger partial charge >= 0.3 is 0 Å². The van der Waals surface area contributed by atoms with Crippen molar-refractivity contribution in [2.45, 2.75) is 70.0 Å². The third-order valence-electron chi connectivity index (χ3n) is 5.64. The van der Waals surface area contributed by atoms with Crippen molar-refractivity contribution in [1.29, 1.82) is 5.26 Å². The molecular formula is C16H27N3. The molecule has 0 bridgehead atoms. The lowest BCUT2D eigenvalue weighted by Gasteiger charge is -2.39. The molecule has 3 rings (SSSR count). The standard InChI is InChI=1S/C16H27N3/c1-12-6-8-19(10-13(12)2)15-5-7-16(9-15,11-17)18-14-3-4-14/h12-15,18H,3-10H2,1-2H3. The molecule has 3 fully saturated rings. The number of nitrogens with zero attached hydrogens (tertiary/aromatic N) is 2. The summed E-state index contributed by atoms with van der Waals surface area (Å²) in [5, 5.41) is 13.2. The van der Waals surface area contributed by atoms with Gasteiger partial charge in [0.2, 0.25) is 0 Å². The van der Waals surface area contributed by atoms with E-state index in [1.165, 1.54) is 38.8 Å². The molecule has 4 unspecified atom stereocenters. The molecule has 1 aliphatic heterocycles. The van der Waals surface area contributed by atoms with Crippen LogP contribution >= 0.6 is 0 Å². The first-order valence-electron chi connectivity index (χ1n) is 8.05. The maximum Gasteiger partial charge on any atom is 0.108 e. The second kappa shape index (κ2) is 5.07. The Labute approximate surface area is 117 Å². The molecule has 3 nitrogen and oxygen atoms in total. The lowest BCUT2D eigenvalue weighted by atomic mass is 9.87. The van der Waals surface area contributed by atoms with Gasteiger partial charge in [-0.25, -0.2) is 0 Å². The minimum atomic E-state index is -0.210. The van der Waals surface area contributed by atoms with E-state index >= 15 is 0 Å². The van der Waals surface area contributed by atoms with E-state index in [4.69, 9.17) is 0 Å². The summed E-state index contributed by atoms with van der Waals surface area (Å²) in [6.07, 6.45) is 7.16. The summed E-state index contributed by atoms with van der Waals surface area (Å²) >= 11 is 0. The van der Waals surface area contributed by atoms with Crippen LogP contribution in [0.5, 0.6) is 0 Å². The van der Waals surface area contributed by atoms with E-state index in [9.17, 15) is 5.26 Å². The van der Waals surface area contributed by atoms with Crippen molar-refractivity contribution in [1.82, 2.24) is 10.2 Å². The molecule has 19 heavy (non-hydrogen) atoms. The quantitative estimate of drug-likeness (QED) is 0.848. The van der Waals surface area contributed by atoms with Gasteiger partial charge < -0.3 is 0 Å². The number of nitrogens with one attached hydrogen (secondary N) is 1. The molecule has 0 aromatic rings. The smallest absolute Gasteiger partial charge is 0.108 e.